The maximum Gasteiger partial charge on any atom is 0.115 e. The Kier molecular flexibility index (Phi) is 3.26. The summed E-state index contributed by atoms with van der Waals surface area (Å²) in [5.74, 6) is 0. The second kappa shape index (κ2) is 4.26. The van der Waals surface area contributed by atoms with Gasteiger partial charge in [-0.3, -0.25) is 0 Å². The molecule has 0 aliphatic rings. The fourth-order valence-corrected chi connectivity index (χ4v) is 1.43. The molecular formula is C8H12N2S. The predicted molar refractivity (Wildman–Crippen MR) is 49.6 cm³/mol. The number of rotatable bonds is 3. The maximum absolute atomic E-state index is 5.33. The van der Waals surface area contributed by atoms with Crippen LogP contribution in [0.25, 0.3) is 6.08 Å². The van der Waals surface area contributed by atoms with Crippen molar-refractivity contribution in [3.63, 3.8) is 0 Å². The lowest BCUT2D eigenvalue weighted by atomic mass is 10.4. The van der Waals surface area contributed by atoms with Gasteiger partial charge < -0.3 is 5.73 Å². The van der Waals surface area contributed by atoms with Crippen molar-refractivity contribution in [3.8, 4) is 0 Å². The quantitative estimate of drug-likeness (QED) is 0.747. The van der Waals surface area contributed by atoms with Crippen molar-refractivity contribution in [1.82, 2.24) is 4.98 Å². The molecule has 0 amide bonds. The van der Waals surface area contributed by atoms with E-state index in [1.54, 1.807) is 11.3 Å². The number of hydrogen-bond donors (Lipinski definition) is 1. The minimum absolute atomic E-state index is 0.709. The van der Waals surface area contributed by atoms with E-state index in [0.29, 0.717) is 6.54 Å². The molecular weight excluding hydrogens is 156 g/mol. The van der Waals surface area contributed by atoms with Gasteiger partial charge in [0, 0.05) is 11.1 Å². The summed E-state index contributed by atoms with van der Waals surface area (Å²) in [6.45, 7) is 2.76. The number of nitrogens with two attached hydrogens (primary N) is 1. The minimum atomic E-state index is 0.709. The van der Waals surface area contributed by atoms with E-state index in [1.807, 2.05) is 12.3 Å². The molecule has 0 unspecified atom stereocenters. The lowest BCUT2D eigenvalue weighted by molar-refractivity contribution is 1.01. The Bertz CT molecular complexity index is 240. The van der Waals surface area contributed by atoms with E-state index in [0.717, 1.165) is 11.4 Å². The molecule has 0 spiro atoms. The Hall–Kier alpha value is -0.670. The zero-order chi connectivity index (χ0) is 8.10. The smallest absolute Gasteiger partial charge is 0.115 e. The second-order valence-corrected chi connectivity index (χ2v) is 3.56. The molecule has 2 nitrogen and oxygen atoms in total. The topological polar surface area (TPSA) is 38.9 Å². The molecule has 11 heavy (non-hydrogen) atoms. The fourth-order valence-electron chi connectivity index (χ4n) is 0.730. The van der Waals surface area contributed by atoms with Crippen LogP contribution in [0.2, 0.25) is 0 Å². The largest absolute Gasteiger partial charge is 0.330 e. The molecule has 0 saturated heterocycles. The third-order valence-electron chi connectivity index (χ3n) is 1.23. The SMILES string of the molecule is Cc1cnc(/C=C/CCN)s1. The van der Waals surface area contributed by atoms with Crippen molar-refractivity contribution < 1.29 is 0 Å². The van der Waals surface area contributed by atoms with Gasteiger partial charge >= 0.3 is 0 Å². The standard InChI is InChI=1S/C8H12N2S/c1-7-6-10-8(11-7)4-2-3-5-9/h2,4,6H,3,5,9H2,1H3/b4-2+. The maximum atomic E-state index is 5.33. The summed E-state index contributed by atoms with van der Waals surface area (Å²) < 4.78 is 0. The summed E-state index contributed by atoms with van der Waals surface area (Å²) >= 11 is 1.70. The lowest BCUT2D eigenvalue weighted by Gasteiger charge is -1.82. The van der Waals surface area contributed by atoms with Crippen molar-refractivity contribution in [3.05, 3.63) is 22.2 Å². The number of hydrogen-bond acceptors (Lipinski definition) is 3. The first-order chi connectivity index (χ1) is 5.33. The fraction of sp³-hybridized carbons (Fsp3) is 0.375. The molecule has 0 radical (unpaired) electrons. The highest BCUT2D eigenvalue weighted by Gasteiger charge is 1.90. The van der Waals surface area contributed by atoms with E-state index in [-0.39, 0.29) is 0 Å². The average molecular weight is 168 g/mol. The van der Waals surface area contributed by atoms with E-state index in [2.05, 4.69) is 18.0 Å². The number of thiazole rings is 1. The van der Waals surface area contributed by atoms with Crippen LogP contribution < -0.4 is 5.73 Å². The van der Waals surface area contributed by atoms with Crippen molar-refractivity contribution in [1.29, 1.82) is 0 Å². The van der Waals surface area contributed by atoms with Crippen LogP contribution in [0, 0.1) is 6.92 Å². The van der Waals surface area contributed by atoms with E-state index in [4.69, 9.17) is 5.73 Å². The van der Waals surface area contributed by atoms with Gasteiger partial charge in [0.15, 0.2) is 0 Å². The van der Waals surface area contributed by atoms with Gasteiger partial charge in [0.05, 0.1) is 0 Å². The van der Waals surface area contributed by atoms with Crippen molar-refractivity contribution >= 4 is 17.4 Å². The first-order valence-corrected chi connectivity index (χ1v) is 4.43. The minimum Gasteiger partial charge on any atom is -0.330 e. The molecule has 2 N–H and O–H groups in total. The van der Waals surface area contributed by atoms with Gasteiger partial charge in [-0.1, -0.05) is 6.08 Å². The molecule has 0 aliphatic heterocycles. The summed E-state index contributed by atoms with van der Waals surface area (Å²) in [5.41, 5.74) is 5.33. The molecule has 60 valence electrons. The summed E-state index contributed by atoms with van der Waals surface area (Å²) in [6.07, 6.45) is 6.88. The molecule has 1 aromatic rings. The molecule has 1 rings (SSSR count). The van der Waals surface area contributed by atoms with E-state index in [1.165, 1.54) is 4.88 Å². The molecule has 0 saturated carbocycles. The summed E-state index contributed by atoms with van der Waals surface area (Å²) in [4.78, 5) is 5.43. The van der Waals surface area contributed by atoms with Gasteiger partial charge in [0.25, 0.3) is 0 Å². The lowest BCUT2D eigenvalue weighted by Crippen LogP contribution is -1.94. The molecule has 1 heterocycles. The Morgan fingerprint density at radius 2 is 2.55 bits per heavy atom. The van der Waals surface area contributed by atoms with Crippen LogP contribution in [0.15, 0.2) is 12.3 Å². The molecule has 1 aromatic heterocycles. The molecule has 0 aliphatic carbocycles. The predicted octanol–water partition coefficient (Wildman–Crippen LogP) is 1.81. The zero-order valence-electron chi connectivity index (χ0n) is 6.58. The Morgan fingerprint density at radius 1 is 1.73 bits per heavy atom. The van der Waals surface area contributed by atoms with Gasteiger partial charge in [-0.25, -0.2) is 4.98 Å². The van der Waals surface area contributed by atoms with E-state index >= 15 is 0 Å². The molecule has 0 fully saturated rings. The van der Waals surface area contributed by atoms with Gasteiger partial charge in [0.2, 0.25) is 0 Å². The summed E-state index contributed by atoms with van der Waals surface area (Å²) in [6, 6.07) is 0. The van der Waals surface area contributed by atoms with Crippen molar-refractivity contribution in [2.45, 2.75) is 13.3 Å². The summed E-state index contributed by atoms with van der Waals surface area (Å²) in [7, 11) is 0. The third-order valence-corrected chi connectivity index (χ3v) is 2.11. The van der Waals surface area contributed by atoms with Gasteiger partial charge in [0.1, 0.15) is 5.01 Å². The molecule has 0 bridgehead atoms. The van der Waals surface area contributed by atoms with Crippen LogP contribution in [-0.2, 0) is 0 Å². The molecule has 0 aromatic carbocycles. The van der Waals surface area contributed by atoms with Crippen molar-refractivity contribution in [2.24, 2.45) is 5.73 Å². The van der Waals surface area contributed by atoms with Crippen molar-refractivity contribution in [2.75, 3.05) is 6.54 Å². The van der Waals surface area contributed by atoms with Crippen LogP contribution in [0.4, 0.5) is 0 Å². The van der Waals surface area contributed by atoms with Crippen LogP contribution in [0.1, 0.15) is 16.3 Å². The van der Waals surface area contributed by atoms with Crippen LogP contribution >= 0.6 is 11.3 Å². The number of aromatic nitrogens is 1. The zero-order valence-corrected chi connectivity index (χ0v) is 7.40. The second-order valence-electron chi connectivity index (χ2n) is 2.29. The van der Waals surface area contributed by atoms with Crippen LogP contribution in [-0.4, -0.2) is 11.5 Å². The molecule has 3 heteroatoms. The summed E-state index contributed by atoms with van der Waals surface area (Å²) in [5, 5.41) is 1.07. The van der Waals surface area contributed by atoms with Gasteiger partial charge in [-0.05, 0) is 26.0 Å². The Morgan fingerprint density at radius 3 is 3.09 bits per heavy atom. The number of nitrogens with zero attached hydrogens (tertiary/aromatic N) is 1. The highest BCUT2D eigenvalue weighted by atomic mass is 32.1. The average Bonchev–Trinajstić information content (AvgIpc) is 2.37. The Balaban J connectivity index is 2.50. The third kappa shape index (κ3) is 2.82. The van der Waals surface area contributed by atoms with Crippen LogP contribution in [0.5, 0.6) is 0 Å². The normalized spacial score (nSPS) is 11.1. The molecule has 0 atom stereocenters. The van der Waals surface area contributed by atoms with E-state index < -0.39 is 0 Å². The Labute approximate surface area is 70.8 Å². The highest BCUT2D eigenvalue weighted by Crippen LogP contribution is 2.12. The van der Waals surface area contributed by atoms with E-state index in [9.17, 15) is 0 Å². The first kappa shape index (κ1) is 8.43. The van der Waals surface area contributed by atoms with Gasteiger partial charge in [-0.15, -0.1) is 11.3 Å². The highest BCUT2D eigenvalue weighted by molar-refractivity contribution is 7.12. The monoisotopic (exact) mass is 168 g/mol. The number of aryl methyl sites for hydroxylation is 1. The van der Waals surface area contributed by atoms with Gasteiger partial charge in [-0.2, -0.15) is 0 Å². The first-order valence-electron chi connectivity index (χ1n) is 3.62. The van der Waals surface area contributed by atoms with Crippen LogP contribution in [0.3, 0.4) is 0 Å².